The Hall–Kier alpha value is -3.47. The molecule has 14 nitrogen and oxygen atoms in total. The van der Waals surface area contributed by atoms with Gasteiger partial charge >= 0.3 is 0 Å². The van der Waals surface area contributed by atoms with Crippen LogP contribution in [0.25, 0.3) is 10.4 Å². The van der Waals surface area contributed by atoms with Gasteiger partial charge in [-0.3, -0.25) is 19.2 Å². The van der Waals surface area contributed by atoms with Gasteiger partial charge in [-0.15, -0.1) is 11.3 Å². The molecule has 3 rings (SSSR count). The second kappa shape index (κ2) is 19.6. The topological polar surface area (TPSA) is 206 Å². The summed E-state index contributed by atoms with van der Waals surface area (Å²) in [6, 6.07) is 6.92. The number of carbonyl (C=O) groups excluding carboxylic acids is 4. The number of nitrogens with zero attached hydrogens (tertiary/aromatic N) is 2. The summed E-state index contributed by atoms with van der Waals surface area (Å²) < 4.78 is 21.9. The van der Waals surface area contributed by atoms with E-state index in [1.54, 1.807) is 16.8 Å². The molecule has 1 aliphatic rings. The highest BCUT2D eigenvalue weighted by molar-refractivity contribution is 7.13. The van der Waals surface area contributed by atoms with Crippen LogP contribution in [0.2, 0.25) is 0 Å². The Kier molecular flexibility index (Phi) is 16.0. The third kappa shape index (κ3) is 12.7. The van der Waals surface area contributed by atoms with Gasteiger partial charge in [-0.05, 0) is 23.5 Å². The van der Waals surface area contributed by atoms with E-state index < -0.39 is 47.1 Å². The summed E-state index contributed by atoms with van der Waals surface area (Å²) in [5.41, 5.74) is 14.8. The zero-order valence-corrected chi connectivity index (χ0v) is 29.7. The lowest BCUT2D eigenvalue weighted by atomic mass is 9.72. The van der Waals surface area contributed by atoms with E-state index in [4.69, 9.17) is 30.4 Å². The van der Waals surface area contributed by atoms with Gasteiger partial charge in [0.25, 0.3) is 0 Å². The number of aryl methyl sites for hydroxylation is 1. The molecule has 6 N–H and O–H groups in total. The molecule has 2 heterocycles. The number of aromatic nitrogens is 1. The van der Waals surface area contributed by atoms with Crippen LogP contribution >= 0.6 is 11.3 Å². The van der Waals surface area contributed by atoms with Gasteiger partial charge in [0.15, 0.2) is 0 Å². The van der Waals surface area contributed by atoms with Crippen LogP contribution in [0.1, 0.15) is 44.9 Å². The Morgan fingerprint density at radius 3 is 2.10 bits per heavy atom. The predicted octanol–water partition coefficient (Wildman–Crippen LogP) is 1.40. The van der Waals surface area contributed by atoms with Gasteiger partial charge in [0, 0.05) is 25.9 Å². The third-order valence-electron chi connectivity index (χ3n) is 8.17. The molecular weight excluding hydrogens is 654 g/mol. The molecule has 2 aromatic rings. The SMILES string of the molecule is Cc1ncsc1-c1ccc(CNC(=O)C2C[C@@H](O)CN2C(=O)[C@@H](C(COCCOCCOCCOCCC(N)=O)C(N)=O)C(C)(C)C)cc1. The summed E-state index contributed by atoms with van der Waals surface area (Å²) in [7, 11) is 0. The molecule has 49 heavy (non-hydrogen) atoms. The lowest BCUT2D eigenvalue weighted by Crippen LogP contribution is -2.53. The van der Waals surface area contributed by atoms with Gasteiger partial charge in [-0.1, -0.05) is 45.0 Å². The number of likely N-dealkylation sites (tertiary alicyclic amines) is 1. The van der Waals surface area contributed by atoms with Crippen LogP contribution in [-0.2, 0) is 44.7 Å². The lowest BCUT2D eigenvalue weighted by molar-refractivity contribution is -0.151. The van der Waals surface area contributed by atoms with Gasteiger partial charge in [0.05, 0.1) is 86.9 Å². The van der Waals surface area contributed by atoms with E-state index in [1.165, 1.54) is 4.90 Å². The van der Waals surface area contributed by atoms with Crippen molar-refractivity contribution in [3.8, 4) is 10.4 Å². The maximum Gasteiger partial charge on any atom is 0.243 e. The number of hydrogen-bond donors (Lipinski definition) is 4. The van der Waals surface area contributed by atoms with E-state index in [-0.39, 0.29) is 58.3 Å². The molecule has 1 aliphatic heterocycles. The van der Waals surface area contributed by atoms with Crippen molar-refractivity contribution in [1.29, 1.82) is 0 Å². The molecule has 0 saturated carbocycles. The maximum atomic E-state index is 14.1. The minimum Gasteiger partial charge on any atom is -0.391 e. The highest BCUT2D eigenvalue weighted by atomic mass is 32.1. The number of aliphatic hydroxyl groups is 1. The molecule has 0 spiro atoms. The second-order valence-corrected chi connectivity index (χ2v) is 13.9. The van der Waals surface area contributed by atoms with Crippen molar-refractivity contribution >= 4 is 35.0 Å². The van der Waals surface area contributed by atoms with Gasteiger partial charge in [-0.25, -0.2) is 4.98 Å². The number of aliphatic hydroxyl groups excluding tert-OH is 1. The molecule has 272 valence electrons. The van der Waals surface area contributed by atoms with E-state index >= 15 is 0 Å². The molecule has 0 aliphatic carbocycles. The Labute approximate surface area is 291 Å². The summed E-state index contributed by atoms with van der Waals surface area (Å²) in [5.74, 6) is -3.83. The summed E-state index contributed by atoms with van der Waals surface area (Å²) in [4.78, 5) is 57.6. The monoisotopic (exact) mass is 705 g/mol. The molecule has 0 bridgehead atoms. The third-order valence-corrected chi connectivity index (χ3v) is 9.14. The van der Waals surface area contributed by atoms with Crippen LogP contribution < -0.4 is 16.8 Å². The smallest absolute Gasteiger partial charge is 0.243 e. The lowest BCUT2D eigenvalue weighted by Gasteiger charge is -2.38. The van der Waals surface area contributed by atoms with Crippen LogP contribution in [0.15, 0.2) is 29.8 Å². The summed E-state index contributed by atoms with van der Waals surface area (Å²) in [5, 5.41) is 13.4. The van der Waals surface area contributed by atoms with Gasteiger partial charge < -0.3 is 45.7 Å². The fourth-order valence-electron chi connectivity index (χ4n) is 5.68. The first-order chi connectivity index (χ1) is 23.3. The molecule has 1 saturated heterocycles. The highest BCUT2D eigenvalue weighted by Crippen LogP contribution is 2.36. The van der Waals surface area contributed by atoms with Gasteiger partial charge in [0.1, 0.15) is 6.04 Å². The number of ether oxygens (including phenoxy) is 4. The quantitative estimate of drug-likeness (QED) is 0.137. The summed E-state index contributed by atoms with van der Waals surface area (Å²) in [6.45, 7) is 9.51. The first-order valence-corrected chi connectivity index (χ1v) is 17.3. The van der Waals surface area contributed by atoms with Crippen molar-refractivity contribution in [3.63, 3.8) is 0 Å². The zero-order valence-electron chi connectivity index (χ0n) is 28.9. The Balaban J connectivity index is 1.50. The Morgan fingerprint density at radius 2 is 1.57 bits per heavy atom. The molecule has 2 unspecified atom stereocenters. The number of carbonyl (C=O) groups is 4. The molecular formula is C34H51N5O9S. The molecule has 1 aromatic heterocycles. The van der Waals surface area contributed by atoms with Crippen LogP contribution in [0, 0.1) is 24.2 Å². The van der Waals surface area contributed by atoms with Crippen molar-refractivity contribution in [2.75, 3.05) is 59.4 Å². The number of benzene rings is 1. The number of hydrogen-bond acceptors (Lipinski definition) is 11. The number of nitrogens with two attached hydrogens (primary N) is 2. The van der Waals surface area contributed by atoms with E-state index in [0.29, 0.717) is 26.4 Å². The van der Waals surface area contributed by atoms with E-state index in [0.717, 1.165) is 21.7 Å². The average molecular weight is 706 g/mol. The minimum absolute atomic E-state index is 0.0336. The first-order valence-electron chi connectivity index (χ1n) is 16.4. The van der Waals surface area contributed by atoms with Crippen LogP contribution in [-0.4, -0.2) is 110 Å². The average Bonchev–Trinajstić information content (AvgIpc) is 3.65. The van der Waals surface area contributed by atoms with Crippen molar-refractivity contribution in [2.24, 2.45) is 28.7 Å². The number of rotatable bonds is 21. The van der Waals surface area contributed by atoms with Crippen molar-refractivity contribution < 1.29 is 43.2 Å². The fraction of sp³-hybridized carbons (Fsp3) is 0.618. The van der Waals surface area contributed by atoms with Gasteiger partial charge in [-0.2, -0.15) is 0 Å². The normalized spacial score (nSPS) is 17.5. The van der Waals surface area contributed by atoms with E-state index in [1.807, 2.05) is 52.0 Å². The molecule has 4 amide bonds. The van der Waals surface area contributed by atoms with Crippen molar-refractivity contribution in [1.82, 2.24) is 15.2 Å². The van der Waals surface area contributed by atoms with Crippen molar-refractivity contribution in [3.05, 3.63) is 41.0 Å². The van der Waals surface area contributed by atoms with Crippen LogP contribution in [0.4, 0.5) is 0 Å². The van der Waals surface area contributed by atoms with Crippen molar-refractivity contribution in [2.45, 2.75) is 59.2 Å². The number of primary amides is 2. The largest absolute Gasteiger partial charge is 0.391 e. The highest BCUT2D eigenvalue weighted by Gasteiger charge is 2.48. The summed E-state index contributed by atoms with van der Waals surface area (Å²) in [6.07, 6.45) is -0.644. The molecule has 15 heteroatoms. The van der Waals surface area contributed by atoms with Crippen LogP contribution in [0.5, 0.6) is 0 Å². The molecule has 4 atom stereocenters. The Morgan fingerprint density at radius 1 is 0.980 bits per heavy atom. The standard InChI is InChI=1S/C34H51N5O9S/c1-22-30(49-21-38-22)24-7-5-23(6-8-24)18-37-32(43)27-17-25(40)19-39(27)33(44)29(34(2,3)4)26(31(36)42)20-48-16-15-47-14-13-46-12-11-45-10-9-28(35)41/h5-8,21,25-27,29,40H,9-20H2,1-4H3,(H2,35,41)(H2,36,42)(H,37,43)/t25-,26?,27?,29-/m1/s1. The Bertz CT molecular complexity index is 1360. The number of nitrogens with one attached hydrogen (secondary N) is 1. The van der Waals surface area contributed by atoms with Crippen LogP contribution in [0.3, 0.4) is 0 Å². The minimum atomic E-state index is -0.979. The maximum absolute atomic E-state index is 14.1. The fourth-order valence-corrected chi connectivity index (χ4v) is 6.49. The molecule has 1 fully saturated rings. The van der Waals surface area contributed by atoms with E-state index in [9.17, 15) is 24.3 Å². The molecule has 1 aromatic carbocycles. The number of β-amino-alcohol motifs (C(OH)–C–C–N with tert-alkyl or cyclic N) is 1. The number of amides is 4. The first kappa shape index (κ1) is 40.0. The zero-order chi connectivity index (χ0) is 36.0. The van der Waals surface area contributed by atoms with Gasteiger partial charge in [0.2, 0.25) is 23.6 Å². The second-order valence-electron chi connectivity index (χ2n) is 13.1. The summed E-state index contributed by atoms with van der Waals surface area (Å²) >= 11 is 1.57. The van der Waals surface area contributed by atoms with E-state index in [2.05, 4.69) is 10.3 Å². The molecule has 0 radical (unpaired) electrons. The predicted molar refractivity (Wildman–Crippen MR) is 183 cm³/mol. The number of thiazole rings is 1.